The molecule has 1 aromatic carbocycles. The van der Waals surface area contributed by atoms with Gasteiger partial charge in [0.15, 0.2) is 0 Å². The molecule has 6 heteroatoms. The molecule has 3 rings (SSSR count). The number of allylic oxidation sites excluding steroid dienone is 1. The summed E-state index contributed by atoms with van der Waals surface area (Å²) in [5.74, 6) is -0.297. The van der Waals surface area contributed by atoms with Gasteiger partial charge in [-0.2, -0.15) is 0 Å². The van der Waals surface area contributed by atoms with Crippen LogP contribution in [-0.4, -0.2) is 28.1 Å². The molecule has 1 aliphatic rings. The van der Waals surface area contributed by atoms with Crippen molar-refractivity contribution in [1.29, 1.82) is 0 Å². The van der Waals surface area contributed by atoms with E-state index in [1.807, 2.05) is 24.3 Å². The Morgan fingerprint density at radius 2 is 2.00 bits per heavy atom. The first-order valence-corrected chi connectivity index (χ1v) is 7.14. The highest BCUT2D eigenvalue weighted by molar-refractivity contribution is 6.09. The molecular formula is C16H17N5O. The predicted octanol–water partition coefficient (Wildman–Crippen LogP) is 1.26. The van der Waals surface area contributed by atoms with Gasteiger partial charge in [0, 0.05) is 23.9 Å². The Kier molecular flexibility index (Phi) is 3.82. The number of fused-ring (bicyclic) bond motifs is 1. The van der Waals surface area contributed by atoms with Gasteiger partial charge in [0.05, 0.1) is 29.0 Å². The topological polar surface area (TPSA) is 107 Å². The van der Waals surface area contributed by atoms with Crippen LogP contribution >= 0.6 is 0 Å². The second-order valence-electron chi connectivity index (χ2n) is 5.37. The minimum absolute atomic E-state index is 0.0482. The van der Waals surface area contributed by atoms with Crippen LogP contribution in [0.25, 0.3) is 16.6 Å². The second-order valence-corrected chi connectivity index (χ2v) is 5.37. The van der Waals surface area contributed by atoms with Crippen LogP contribution in [0, 0.1) is 5.92 Å². The number of aromatic nitrogens is 2. The van der Waals surface area contributed by atoms with E-state index in [0.717, 1.165) is 11.0 Å². The molecule has 0 aliphatic heterocycles. The Morgan fingerprint density at radius 1 is 1.27 bits per heavy atom. The minimum atomic E-state index is -0.249. The monoisotopic (exact) mass is 295 g/mol. The number of carbonyl (C=O) groups is 1. The maximum Gasteiger partial charge on any atom is 0.220 e. The highest BCUT2D eigenvalue weighted by Gasteiger charge is 2.32. The van der Waals surface area contributed by atoms with Crippen molar-refractivity contribution < 1.29 is 4.79 Å². The highest BCUT2D eigenvalue weighted by Crippen LogP contribution is 2.29. The van der Waals surface area contributed by atoms with Gasteiger partial charge < -0.3 is 11.5 Å². The van der Waals surface area contributed by atoms with Gasteiger partial charge >= 0.3 is 0 Å². The molecule has 2 aromatic rings. The minimum Gasteiger partial charge on any atom is -0.404 e. The largest absolute Gasteiger partial charge is 0.404 e. The third-order valence-corrected chi connectivity index (χ3v) is 3.86. The normalized spacial score (nSPS) is 21.9. The molecule has 1 aromatic heterocycles. The fourth-order valence-corrected chi connectivity index (χ4v) is 2.42. The third-order valence-electron chi connectivity index (χ3n) is 3.86. The molecule has 0 spiro atoms. The van der Waals surface area contributed by atoms with E-state index in [1.54, 1.807) is 12.4 Å². The van der Waals surface area contributed by atoms with Gasteiger partial charge in [0.1, 0.15) is 0 Å². The van der Waals surface area contributed by atoms with Crippen LogP contribution in [0.5, 0.6) is 0 Å². The van der Waals surface area contributed by atoms with Gasteiger partial charge in [0.25, 0.3) is 0 Å². The van der Waals surface area contributed by atoms with E-state index < -0.39 is 0 Å². The Labute approximate surface area is 128 Å². The molecule has 112 valence electrons. The first kappa shape index (κ1) is 14.2. The number of para-hydroxylation sites is 2. The summed E-state index contributed by atoms with van der Waals surface area (Å²) in [6, 6.07) is 7.77. The van der Waals surface area contributed by atoms with Gasteiger partial charge in [-0.25, -0.2) is 4.98 Å². The smallest absolute Gasteiger partial charge is 0.220 e. The maximum absolute atomic E-state index is 11.0. The van der Waals surface area contributed by atoms with E-state index in [4.69, 9.17) is 11.5 Å². The maximum atomic E-state index is 11.0. The van der Waals surface area contributed by atoms with Crippen LogP contribution in [0.4, 0.5) is 0 Å². The van der Waals surface area contributed by atoms with Gasteiger partial charge in [0.2, 0.25) is 5.91 Å². The van der Waals surface area contributed by atoms with Crippen molar-refractivity contribution in [1.82, 2.24) is 9.97 Å². The average molecular weight is 295 g/mol. The summed E-state index contributed by atoms with van der Waals surface area (Å²) >= 11 is 0. The van der Waals surface area contributed by atoms with Crippen LogP contribution in [-0.2, 0) is 4.79 Å². The van der Waals surface area contributed by atoms with Crippen LogP contribution in [0.15, 0.2) is 41.7 Å². The van der Waals surface area contributed by atoms with Crippen molar-refractivity contribution in [3.8, 4) is 0 Å². The summed E-state index contributed by atoms with van der Waals surface area (Å²) in [5.41, 5.74) is 14.0. The number of nitrogens with two attached hydrogens (primary N) is 2. The lowest BCUT2D eigenvalue weighted by molar-refractivity contribution is -0.124. The molecule has 1 aliphatic carbocycles. The van der Waals surface area contributed by atoms with Gasteiger partial charge in [-0.15, -0.1) is 0 Å². The van der Waals surface area contributed by atoms with E-state index >= 15 is 0 Å². The summed E-state index contributed by atoms with van der Waals surface area (Å²) in [6.07, 6.45) is 6.24. The lowest BCUT2D eigenvalue weighted by atomic mass is 9.80. The molecule has 1 saturated carbocycles. The molecular weight excluding hydrogens is 278 g/mol. The fourth-order valence-electron chi connectivity index (χ4n) is 2.42. The van der Waals surface area contributed by atoms with E-state index in [2.05, 4.69) is 15.0 Å². The Bertz CT molecular complexity index is 762. The molecule has 6 nitrogen and oxygen atoms in total. The summed E-state index contributed by atoms with van der Waals surface area (Å²) in [4.78, 5) is 24.3. The molecule has 0 unspecified atom stereocenters. The lowest BCUT2D eigenvalue weighted by Gasteiger charge is -2.29. The number of hydrogen-bond donors (Lipinski definition) is 2. The van der Waals surface area contributed by atoms with Crippen molar-refractivity contribution in [2.45, 2.75) is 18.9 Å². The summed E-state index contributed by atoms with van der Waals surface area (Å²) in [7, 11) is 0. The van der Waals surface area contributed by atoms with E-state index in [1.165, 1.54) is 6.20 Å². The summed E-state index contributed by atoms with van der Waals surface area (Å²) < 4.78 is 0. The van der Waals surface area contributed by atoms with Crippen molar-refractivity contribution >= 4 is 28.7 Å². The van der Waals surface area contributed by atoms with Crippen molar-refractivity contribution in [2.75, 3.05) is 0 Å². The number of amides is 1. The molecule has 0 atom stereocenters. The zero-order chi connectivity index (χ0) is 15.5. The molecule has 1 amide bonds. The lowest BCUT2D eigenvalue weighted by Crippen LogP contribution is -2.37. The Balaban J connectivity index is 1.75. The number of benzene rings is 1. The van der Waals surface area contributed by atoms with Gasteiger partial charge in [-0.05, 0) is 25.0 Å². The molecule has 1 fully saturated rings. The number of hydrogen-bond acceptors (Lipinski definition) is 5. The molecule has 0 bridgehead atoms. The highest BCUT2D eigenvalue weighted by atomic mass is 16.1. The zero-order valence-electron chi connectivity index (χ0n) is 12.0. The molecule has 0 radical (unpaired) electrons. The number of carbonyl (C=O) groups excluding carboxylic acids is 1. The average Bonchev–Trinajstić information content (AvgIpc) is 2.49. The number of primary amides is 1. The fraction of sp³-hybridized carbons (Fsp3) is 0.250. The zero-order valence-corrected chi connectivity index (χ0v) is 12.0. The van der Waals surface area contributed by atoms with Crippen LogP contribution in [0.2, 0.25) is 0 Å². The standard InChI is InChI=1S/C16H17N5O/c17-7-11(8-19-12-5-10(6-12)16(18)22)15-9-20-13-3-1-2-4-14(13)21-15/h1-4,7-10,12H,5-6,17H2,(H2,18,22). The summed E-state index contributed by atoms with van der Waals surface area (Å²) in [6.45, 7) is 0. The number of nitrogens with zero attached hydrogens (tertiary/aromatic N) is 3. The number of rotatable bonds is 4. The number of aliphatic imine (C=N–C) groups is 1. The van der Waals surface area contributed by atoms with E-state index in [0.29, 0.717) is 24.1 Å². The van der Waals surface area contributed by atoms with Crippen LogP contribution in [0.3, 0.4) is 0 Å². The van der Waals surface area contributed by atoms with Crippen LogP contribution in [0.1, 0.15) is 18.5 Å². The molecule has 0 saturated heterocycles. The third kappa shape index (κ3) is 2.81. The Morgan fingerprint density at radius 3 is 2.68 bits per heavy atom. The van der Waals surface area contributed by atoms with E-state index in [9.17, 15) is 4.79 Å². The summed E-state index contributed by atoms with van der Waals surface area (Å²) in [5, 5.41) is 0. The molecule has 4 N–H and O–H groups in total. The van der Waals surface area contributed by atoms with Gasteiger partial charge in [-0.3, -0.25) is 14.8 Å². The second kappa shape index (κ2) is 5.93. The van der Waals surface area contributed by atoms with Crippen molar-refractivity contribution in [2.24, 2.45) is 22.4 Å². The first-order valence-electron chi connectivity index (χ1n) is 7.14. The van der Waals surface area contributed by atoms with Crippen molar-refractivity contribution in [3.63, 3.8) is 0 Å². The quantitative estimate of drug-likeness (QED) is 0.828. The first-order chi connectivity index (χ1) is 10.7. The van der Waals surface area contributed by atoms with Crippen molar-refractivity contribution in [3.05, 3.63) is 42.4 Å². The Hall–Kier alpha value is -2.76. The SMILES string of the molecule is NC=C(C=NC1CC(C(N)=O)C1)c1cnc2ccccc2n1. The molecule has 1 heterocycles. The van der Waals surface area contributed by atoms with Gasteiger partial charge in [-0.1, -0.05) is 12.1 Å². The predicted molar refractivity (Wildman–Crippen MR) is 85.9 cm³/mol. The van der Waals surface area contributed by atoms with E-state index in [-0.39, 0.29) is 17.9 Å². The molecule has 22 heavy (non-hydrogen) atoms. The van der Waals surface area contributed by atoms with Crippen LogP contribution < -0.4 is 11.5 Å².